The molecule has 190 valence electrons. The summed E-state index contributed by atoms with van der Waals surface area (Å²) >= 11 is 0. The lowest BCUT2D eigenvalue weighted by atomic mass is 10.1. The van der Waals surface area contributed by atoms with E-state index in [0.717, 1.165) is 36.3 Å². The summed E-state index contributed by atoms with van der Waals surface area (Å²) in [6.07, 6.45) is 3.86. The lowest BCUT2D eigenvalue weighted by molar-refractivity contribution is -0.119. The quantitative estimate of drug-likeness (QED) is 0.454. The molecule has 1 saturated heterocycles. The average Bonchev–Trinajstić information content (AvgIpc) is 2.88. The number of anilines is 1. The minimum atomic E-state index is -3.92. The van der Waals surface area contributed by atoms with Gasteiger partial charge in [-0.1, -0.05) is 66.6 Å². The molecular weight excluding hydrogens is 470 g/mol. The first kappa shape index (κ1) is 25.9. The molecule has 1 aliphatic heterocycles. The first-order valence-electron chi connectivity index (χ1n) is 12.5. The van der Waals surface area contributed by atoms with Gasteiger partial charge in [0.15, 0.2) is 0 Å². The standard InChI is InChI=1S/C29H35N3O3S/c1-23-11-16-28(24(2)19-23)32(36(34,35)27-9-5-3-6-10-27)22-29(33)30-20-25-12-14-26(15-13-25)21-31-17-7-4-8-18-31/h3,5-6,9-16,19H,4,7-8,17-18,20-22H2,1-2H3,(H,30,33). The Morgan fingerprint density at radius 1 is 0.889 bits per heavy atom. The van der Waals surface area contributed by atoms with Gasteiger partial charge in [0.2, 0.25) is 5.91 Å². The number of nitrogens with one attached hydrogen (secondary N) is 1. The van der Waals surface area contributed by atoms with Crippen LogP contribution in [-0.4, -0.2) is 38.9 Å². The number of hydrogen-bond acceptors (Lipinski definition) is 4. The molecule has 0 bridgehead atoms. The molecule has 0 spiro atoms. The highest BCUT2D eigenvalue weighted by atomic mass is 32.2. The van der Waals surface area contributed by atoms with E-state index in [1.54, 1.807) is 36.4 Å². The second kappa shape index (κ2) is 11.7. The fraction of sp³-hybridized carbons (Fsp3) is 0.345. The predicted octanol–water partition coefficient (Wildman–Crippen LogP) is 4.80. The number of hydrogen-bond donors (Lipinski definition) is 1. The summed E-state index contributed by atoms with van der Waals surface area (Å²) in [7, 11) is -3.92. The van der Waals surface area contributed by atoms with Crippen LogP contribution in [0.25, 0.3) is 0 Å². The minimum absolute atomic E-state index is 0.155. The normalized spacial score (nSPS) is 14.4. The molecule has 0 aromatic heterocycles. The van der Waals surface area contributed by atoms with Gasteiger partial charge in [0.25, 0.3) is 10.0 Å². The van der Waals surface area contributed by atoms with Crippen molar-refractivity contribution in [2.45, 2.75) is 51.1 Å². The highest BCUT2D eigenvalue weighted by Gasteiger charge is 2.28. The van der Waals surface area contributed by atoms with Crippen LogP contribution in [0.4, 0.5) is 5.69 Å². The zero-order chi connectivity index (χ0) is 25.5. The van der Waals surface area contributed by atoms with E-state index < -0.39 is 10.0 Å². The number of piperidine rings is 1. The Hall–Kier alpha value is -3.16. The molecule has 0 aliphatic carbocycles. The predicted molar refractivity (Wildman–Crippen MR) is 144 cm³/mol. The molecular formula is C29H35N3O3S. The zero-order valence-electron chi connectivity index (χ0n) is 21.1. The Bertz CT molecular complexity index is 1270. The van der Waals surface area contributed by atoms with Crippen molar-refractivity contribution < 1.29 is 13.2 Å². The van der Waals surface area contributed by atoms with Crippen LogP contribution in [0, 0.1) is 13.8 Å². The van der Waals surface area contributed by atoms with E-state index in [0.29, 0.717) is 12.2 Å². The van der Waals surface area contributed by atoms with Gasteiger partial charge in [-0.05, 0) is 74.7 Å². The fourth-order valence-corrected chi connectivity index (χ4v) is 6.14. The Morgan fingerprint density at radius 3 is 2.22 bits per heavy atom. The van der Waals surface area contributed by atoms with Gasteiger partial charge in [-0.25, -0.2) is 8.42 Å². The lowest BCUT2D eigenvalue weighted by Crippen LogP contribution is -2.41. The van der Waals surface area contributed by atoms with E-state index in [1.807, 2.05) is 38.1 Å². The fourth-order valence-electron chi connectivity index (χ4n) is 4.63. The number of carbonyl (C=O) groups is 1. The SMILES string of the molecule is Cc1ccc(N(CC(=O)NCc2ccc(CN3CCCCC3)cc2)S(=O)(=O)c2ccccc2)c(C)c1. The Balaban J connectivity index is 1.44. The molecule has 1 N–H and O–H groups in total. The van der Waals surface area contributed by atoms with Crippen molar-refractivity contribution in [1.82, 2.24) is 10.2 Å². The van der Waals surface area contributed by atoms with Gasteiger partial charge in [-0.3, -0.25) is 14.0 Å². The van der Waals surface area contributed by atoms with Crippen LogP contribution in [0.15, 0.2) is 77.7 Å². The summed E-state index contributed by atoms with van der Waals surface area (Å²) in [6, 6.07) is 22.1. The number of rotatable bonds is 9. The number of benzene rings is 3. The van der Waals surface area contributed by atoms with Crippen LogP contribution in [0.5, 0.6) is 0 Å². The van der Waals surface area contributed by atoms with E-state index in [-0.39, 0.29) is 17.3 Å². The third-order valence-electron chi connectivity index (χ3n) is 6.61. The maximum atomic E-state index is 13.5. The molecule has 1 aliphatic rings. The maximum absolute atomic E-state index is 13.5. The highest BCUT2D eigenvalue weighted by molar-refractivity contribution is 7.92. The van der Waals surface area contributed by atoms with E-state index in [1.165, 1.54) is 29.1 Å². The molecule has 7 heteroatoms. The van der Waals surface area contributed by atoms with Crippen molar-refractivity contribution in [3.8, 4) is 0 Å². The summed E-state index contributed by atoms with van der Waals surface area (Å²) in [4.78, 5) is 15.6. The van der Waals surface area contributed by atoms with Gasteiger partial charge in [-0.15, -0.1) is 0 Å². The van der Waals surface area contributed by atoms with Crippen molar-refractivity contribution in [2.75, 3.05) is 23.9 Å². The van der Waals surface area contributed by atoms with Gasteiger partial charge < -0.3 is 5.32 Å². The zero-order valence-corrected chi connectivity index (χ0v) is 21.9. The second-order valence-electron chi connectivity index (χ2n) is 9.54. The molecule has 1 amide bonds. The van der Waals surface area contributed by atoms with Crippen molar-refractivity contribution in [1.29, 1.82) is 0 Å². The maximum Gasteiger partial charge on any atom is 0.264 e. The monoisotopic (exact) mass is 505 g/mol. The molecule has 3 aromatic rings. The number of carbonyl (C=O) groups excluding carboxylic acids is 1. The van der Waals surface area contributed by atoms with Crippen LogP contribution in [-0.2, 0) is 27.9 Å². The molecule has 36 heavy (non-hydrogen) atoms. The van der Waals surface area contributed by atoms with Gasteiger partial charge >= 0.3 is 0 Å². The minimum Gasteiger partial charge on any atom is -0.350 e. The average molecular weight is 506 g/mol. The van der Waals surface area contributed by atoms with Crippen LogP contribution in [0.3, 0.4) is 0 Å². The van der Waals surface area contributed by atoms with Crippen molar-refractivity contribution in [2.24, 2.45) is 0 Å². The number of aryl methyl sites for hydroxylation is 2. The summed E-state index contributed by atoms with van der Waals surface area (Å²) < 4.78 is 28.2. The number of amides is 1. The summed E-state index contributed by atoms with van der Waals surface area (Å²) in [5.74, 6) is -0.355. The number of nitrogens with zero attached hydrogens (tertiary/aromatic N) is 2. The second-order valence-corrected chi connectivity index (χ2v) is 11.4. The van der Waals surface area contributed by atoms with Crippen LogP contribution < -0.4 is 9.62 Å². The Kier molecular flexibility index (Phi) is 8.44. The smallest absolute Gasteiger partial charge is 0.264 e. The largest absolute Gasteiger partial charge is 0.350 e. The van der Waals surface area contributed by atoms with Crippen LogP contribution >= 0.6 is 0 Å². The molecule has 3 aromatic carbocycles. The van der Waals surface area contributed by atoms with E-state index in [9.17, 15) is 13.2 Å². The molecule has 1 fully saturated rings. The molecule has 6 nitrogen and oxygen atoms in total. The van der Waals surface area contributed by atoms with Crippen molar-refractivity contribution >= 4 is 21.6 Å². The van der Waals surface area contributed by atoms with Gasteiger partial charge in [0, 0.05) is 13.1 Å². The van der Waals surface area contributed by atoms with Gasteiger partial charge in [-0.2, -0.15) is 0 Å². The van der Waals surface area contributed by atoms with Gasteiger partial charge in [0.05, 0.1) is 10.6 Å². The molecule has 0 atom stereocenters. The van der Waals surface area contributed by atoms with Crippen molar-refractivity contribution in [3.63, 3.8) is 0 Å². The molecule has 4 rings (SSSR count). The summed E-state index contributed by atoms with van der Waals surface area (Å²) in [5.41, 5.74) is 4.58. The number of sulfonamides is 1. The third-order valence-corrected chi connectivity index (χ3v) is 8.38. The topological polar surface area (TPSA) is 69.7 Å². The third kappa shape index (κ3) is 6.53. The van der Waals surface area contributed by atoms with Crippen LogP contribution in [0.2, 0.25) is 0 Å². The summed E-state index contributed by atoms with van der Waals surface area (Å²) in [6.45, 7) is 7.12. The highest BCUT2D eigenvalue weighted by Crippen LogP contribution is 2.27. The van der Waals surface area contributed by atoms with E-state index in [2.05, 4.69) is 22.3 Å². The van der Waals surface area contributed by atoms with Crippen LogP contribution in [0.1, 0.15) is 41.5 Å². The first-order valence-corrected chi connectivity index (χ1v) is 14.0. The van der Waals surface area contributed by atoms with E-state index >= 15 is 0 Å². The Labute approximate surface area is 215 Å². The molecule has 0 radical (unpaired) electrons. The summed E-state index contributed by atoms with van der Waals surface area (Å²) in [5, 5.41) is 2.90. The first-order chi connectivity index (χ1) is 17.3. The number of likely N-dealkylation sites (tertiary alicyclic amines) is 1. The lowest BCUT2D eigenvalue weighted by Gasteiger charge is -2.26. The molecule has 0 saturated carbocycles. The molecule has 0 unspecified atom stereocenters. The van der Waals surface area contributed by atoms with Gasteiger partial charge in [0.1, 0.15) is 6.54 Å². The molecule has 1 heterocycles. The Morgan fingerprint density at radius 2 is 1.56 bits per heavy atom. The van der Waals surface area contributed by atoms with E-state index in [4.69, 9.17) is 0 Å². The van der Waals surface area contributed by atoms with Crippen molar-refractivity contribution in [3.05, 3.63) is 95.1 Å².